The van der Waals surface area contributed by atoms with Crippen LogP contribution >= 0.6 is 0 Å². The minimum absolute atomic E-state index is 0.00117. The van der Waals surface area contributed by atoms with Gasteiger partial charge in [0.1, 0.15) is 28.2 Å². The summed E-state index contributed by atoms with van der Waals surface area (Å²) >= 11 is 0. The lowest BCUT2D eigenvalue weighted by molar-refractivity contribution is -0.402. The van der Waals surface area contributed by atoms with Gasteiger partial charge in [-0.2, -0.15) is 5.26 Å². The second kappa shape index (κ2) is 7.45. The van der Waals surface area contributed by atoms with Crippen molar-refractivity contribution in [2.24, 2.45) is 0 Å². The molecule has 0 fully saturated rings. The van der Waals surface area contributed by atoms with Crippen molar-refractivity contribution in [3.63, 3.8) is 0 Å². The summed E-state index contributed by atoms with van der Waals surface area (Å²) in [4.78, 5) is 22.2. The molecule has 9 nitrogen and oxygen atoms in total. The van der Waals surface area contributed by atoms with Crippen LogP contribution in [0.15, 0.2) is 46.9 Å². The quantitative estimate of drug-likeness (QED) is 0.387. The zero-order chi connectivity index (χ0) is 19.4. The fourth-order valence-corrected chi connectivity index (χ4v) is 2.52. The van der Waals surface area contributed by atoms with Gasteiger partial charge in [0, 0.05) is 19.4 Å². The highest BCUT2D eigenvalue weighted by molar-refractivity contribution is 5.90. The second-order valence-corrected chi connectivity index (χ2v) is 5.56. The predicted octanol–water partition coefficient (Wildman–Crippen LogP) is 3.09. The van der Waals surface area contributed by atoms with Gasteiger partial charge in [-0.25, -0.2) is 4.57 Å². The first kappa shape index (κ1) is 17.8. The summed E-state index contributed by atoms with van der Waals surface area (Å²) in [7, 11) is 0. The maximum absolute atomic E-state index is 12.1. The van der Waals surface area contributed by atoms with Gasteiger partial charge in [0.05, 0.1) is 6.07 Å². The number of nitriles is 1. The Bertz CT molecular complexity index is 1070. The first-order valence-electron chi connectivity index (χ1n) is 7.85. The molecule has 0 saturated heterocycles. The molecular formula is C18H13N5O4. The monoisotopic (exact) mass is 363 g/mol. The number of furan rings is 1. The number of rotatable bonds is 5. The summed E-state index contributed by atoms with van der Waals surface area (Å²) in [6.07, 6.45) is 1.64. The molecule has 0 atom stereocenters. The minimum atomic E-state index is -0.681. The van der Waals surface area contributed by atoms with E-state index >= 15 is 0 Å². The molecule has 2 heterocycles. The SMILES string of the molecule is CC(=O)n1c(Cc2ccccc2)nnc1/C(C#N)=C/c1ccc([N+](=O)[O-])o1. The first-order chi connectivity index (χ1) is 13.0. The summed E-state index contributed by atoms with van der Waals surface area (Å²) < 4.78 is 6.28. The zero-order valence-corrected chi connectivity index (χ0v) is 14.2. The van der Waals surface area contributed by atoms with E-state index in [9.17, 15) is 20.2 Å². The molecule has 0 unspecified atom stereocenters. The first-order valence-corrected chi connectivity index (χ1v) is 7.85. The number of carbonyl (C=O) groups excluding carboxylic acids is 1. The van der Waals surface area contributed by atoms with Gasteiger partial charge in [-0.1, -0.05) is 30.3 Å². The van der Waals surface area contributed by atoms with Crippen LogP contribution in [0.4, 0.5) is 5.88 Å². The number of nitro groups is 1. The summed E-state index contributed by atoms with van der Waals surface area (Å²) in [5.41, 5.74) is 0.935. The van der Waals surface area contributed by atoms with Crippen molar-refractivity contribution < 1.29 is 14.1 Å². The molecule has 0 bridgehead atoms. The number of nitrogens with zero attached hydrogens (tertiary/aromatic N) is 5. The smallest absolute Gasteiger partial charge is 0.401 e. The molecule has 1 aromatic carbocycles. The highest BCUT2D eigenvalue weighted by atomic mass is 16.6. The molecule has 0 aliphatic heterocycles. The maximum Gasteiger partial charge on any atom is 0.433 e. The third kappa shape index (κ3) is 3.80. The van der Waals surface area contributed by atoms with E-state index < -0.39 is 10.8 Å². The van der Waals surface area contributed by atoms with Gasteiger partial charge in [-0.05, 0) is 11.6 Å². The van der Waals surface area contributed by atoms with Crippen molar-refractivity contribution in [2.75, 3.05) is 0 Å². The van der Waals surface area contributed by atoms with E-state index in [-0.39, 0.29) is 23.1 Å². The van der Waals surface area contributed by atoms with Crippen LogP contribution in [0.1, 0.15) is 34.7 Å². The lowest BCUT2D eigenvalue weighted by Gasteiger charge is -2.05. The number of hydrogen-bond acceptors (Lipinski definition) is 7. The molecule has 0 aliphatic carbocycles. The molecule has 3 aromatic rings. The largest absolute Gasteiger partial charge is 0.433 e. The average molecular weight is 363 g/mol. The van der Waals surface area contributed by atoms with Crippen molar-refractivity contribution in [1.82, 2.24) is 14.8 Å². The van der Waals surface area contributed by atoms with E-state index in [1.165, 1.54) is 29.7 Å². The van der Waals surface area contributed by atoms with Crippen LogP contribution in [0.5, 0.6) is 0 Å². The average Bonchev–Trinajstić information content (AvgIpc) is 3.27. The standard InChI is InChI=1S/C18H13N5O4/c1-12(24)22-16(9-13-5-3-2-4-6-13)20-21-18(22)14(11-19)10-15-7-8-17(27-15)23(25)26/h2-8,10H,9H2,1H3/b14-10+. The summed E-state index contributed by atoms with van der Waals surface area (Å²) in [5.74, 6) is -0.268. The van der Waals surface area contributed by atoms with Crippen molar-refractivity contribution in [1.29, 1.82) is 5.26 Å². The van der Waals surface area contributed by atoms with Crippen LogP contribution in [0.25, 0.3) is 11.6 Å². The molecular weight excluding hydrogens is 350 g/mol. The Hall–Kier alpha value is -4.06. The van der Waals surface area contributed by atoms with E-state index in [2.05, 4.69) is 10.2 Å². The van der Waals surface area contributed by atoms with Crippen LogP contribution in [-0.2, 0) is 6.42 Å². The van der Waals surface area contributed by atoms with Crippen LogP contribution in [0.3, 0.4) is 0 Å². The van der Waals surface area contributed by atoms with Gasteiger partial charge in [0.2, 0.25) is 5.91 Å². The van der Waals surface area contributed by atoms with Crippen molar-refractivity contribution in [3.8, 4) is 6.07 Å². The Morgan fingerprint density at radius 3 is 2.63 bits per heavy atom. The third-order valence-corrected chi connectivity index (χ3v) is 3.69. The van der Waals surface area contributed by atoms with E-state index in [1.807, 2.05) is 36.4 Å². The minimum Gasteiger partial charge on any atom is -0.401 e. The lowest BCUT2D eigenvalue weighted by atomic mass is 10.1. The Labute approximate surface area is 153 Å². The molecule has 0 radical (unpaired) electrons. The van der Waals surface area contributed by atoms with E-state index in [1.54, 1.807) is 0 Å². The van der Waals surface area contributed by atoms with Crippen LogP contribution in [0, 0.1) is 21.4 Å². The molecule has 0 saturated carbocycles. The highest BCUT2D eigenvalue weighted by Gasteiger charge is 2.20. The van der Waals surface area contributed by atoms with Gasteiger partial charge >= 0.3 is 5.88 Å². The summed E-state index contributed by atoms with van der Waals surface area (Å²) in [6.45, 7) is 1.34. The molecule has 0 spiro atoms. The van der Waals surface area contributed by atoms with Crippen molar-refractivity contribution in [3.05, 3.63) is 75.6 Å². The highest BCUT2D eigenvalue weighted by Crippen LogP contribution is 2.22. The number of allylic oxidation sites excluding steroid dienone is 1. The van der Waals surface area contributed by atoms with Gasteiger partial charge < -0.3 is 4.42 Å². The topological polar surface area (TPSA) is 128 Å². The molecule has 134 valence electrons. The van der Waals surface area contributed by atoms with E-state index in [0.717, 1.165) is 5.56 Å². The molecule has 0 amide bonds. The van der Waals surface area contributed by atoms with Gasteiger partial charge in [-0.15, -0.1) is 10.2 Å². The Kier molecular flexibility index (Phi) is 4.90. The summed E-state index contributed by atoms with van der Waals surface area (Å²) in [6, 6.07) is 13.9. The molecule has 3 rings (SSSR count). The normalized spacial score (nSPS) is 11.2. The Balaban J connectivity index is 2.01. The summed E-state index contributed by atoms with van der Waals surface area (Å²) in [5, 5.41) is 28.2. The number of carbonyl (C=O) groups is 1. The van der Waals surface area contributed by atoms with Gasteiger partial charge in [-0.3, -0.25) is 14.9 Å². The molecule has 27 heavy (non-hydrogen) atoms. The number of benzene rings is 1. The molecule has 0 N–H and O–H groups in total. The van der Waals surface area contributed by atoms with Crippen LogP contribution < -0.4 is 0 Å². The third-order valence-electron chi connectivity index (χ3n) is 3.69. The van der Waals surface area contributed by atoms with E-state index in [0.29, 0.717) is 12.2 Å². The molecule has 0 aliphatic rings. The van der Waals surface area contributed by atoms with Crippen molar-refractivity contribution >= 4 is 23.4 Å². The van der Waals surface area contributed by atoms with Crippen LogP contribution in [-0.4, -0.2) is 25.6 Å². The van der Waals surface area contributed by atoms with Gasteiger partial charge in [0.25, 0.3) is 0 Å². The zero-order valence-electron chi connectivity index (χ0n) is 14.2. The molecule has 9 heteroatoms. The molecule has 2 aromatic heterocycles. The lowest BCUT2D eigenvalue weighted by Crippen LogP contribution is -2.14. The number of hydrogen-bond donors (Lipinski definition) is 0. The Morgan fingerprint density at radius 2 is 2.04 bits per heavy atom. The van der Waals surface area contributed by atoms with E-state index in [4.69, 9.17) is 4.42 Å². The Morgan fingerprint density at radius 1 is 1.30 bits per heavy atom. The van der Waals surface area contributed by atoms with Crippen molar-refractivity contribution in [2.45, 2.75) is 13.3 Å². The second-order valence-electron chi connectivity index (χ2n) is 5.56. The number of aromatic nitrogens is 3. The fraction of sp³-hybridized carbons (Fsp3) is 0.111. The van der Waals surface area contributed by atoms with Gasteiger partial charge in [0.15, 0.2) is 5.82 Å². The predicted molar refractivity (Wildman–Crippen MR) is 94.4 cm³/mol. The maximum atomic E-state index is 12.1. The van der Waals surface area contributed by atoms with Crippen LogP contribution in [0.2, 0.25) is 0 Å². The fourth-order valence-electron chi connectivity index (χ4n) is 2.52.